The minimum absolute atomic E-state index is 0.361. The molecule has 0 aliphatic rings. The Morgan fingerprint density at radius 3 is 2.45 bits per heavy atom. The molecule has 2 amide bonds. The highest BCUT2D eigenvalue weighted by Crippen LogP contribution is 2.23. The van der Waals surface area contributed by atoms with Gasteiger partial charge in [0.2, 0.25) is 5.82 Å². The van der Waals surface area contributed by atoms with Crippen molar-refractivity contribution in [2.45, 2.75) is 0 Å². The minimum atomic E-state index is -0.361. The van der Waals surface area contributed by atoms with E-state index in [9.17, 15) is 4.79 Å². The molecule has 2 N–H and O–H groups in total. The summed E-state index contributed by atoms with van der Waals surface area (Å²) < 4.78 is 6.85. The molecule has 5 aromatic rings. The summed E-state index contributed by atoms with van der Waals surface area (Å²) in [6.45, 7) is 0. The number of pyridine rings is 1. The molecule has 0 fully saturated rings. The number of benzene rings is 2. The highest BCUT2D eigenvalue weighted by atomic mass is 16.5. The number of aromatic nitrogens is 5. The lowest BCUT2D eigenvalue weighted by Gasteiger charge is -2.10. The Hall–Kier alpha value is -4.79. The van der Waals surface area contributed by atoms with E-state index in [1.54, 1.807) is 36.0 Å². The van der Waals surface area contributed by atoms with Gasteiger partial charge in [0.25, 0.3) is 0 Å². The predicted molar refractivity (Wildman–Crippen MR) is 125 cm³/mol. The number of ether oxygens (including phenoxy) is 1. The van der Waals surface area contributed by atoms with Gasteiger partial charge in [0, 0.05) is 29.2 Å². The molecule has 0 unspecified atom stereocenters. The van der Waals surface area contributed by atoms with E-state index in [0.29, 0.717) is 40.0 Å². The van der Waals surface area contributed by atoms with Gasteiger partial charge in [-0.15, -0.1) is 10.2 Å². The molecule has 3 heterocycles. The second kappa shape index (κ2) is 8.75. The van der Waals surface area contributed by atoms with E-state index < -0.39 is 0 Å². The summed E-state index contributed by atoms with van der Waals surface area (Å²) in [4.78, 5) is 16.8. The van der Waals surface area contributed by atoms with E-state index in [2.05, 4.69) is 25.8 Å². The van der Waals surface area contributed by atoms with E-state index in [0.717, 1.165) is 5.56 Å². The van der Waals surface area contributed by atoms with E-state index in [-0.39, 0.29) is 6.03 Å². The largest absolute Gasteiger partial charge is 0.497 e. The number of carbonyl (C=O) groups is 1. The van der Waals surface area contributed by atoms with E-state index in [1.165, 1.54) is 0 Å². The molecule has 2 aromatic carbocycles. The van der Waals surface area contributed by atoms with Gasteiger partial charge >= 0.3 is 6.03 Å². The second-order valence-electron chi connectivity index (χ2n) is 7.12. The number of nitrogens with one attached hydrogen (secondary N) is 2. The molecule has 0 radical (unpaired) electrons. The number of amides is 2. The zero-order chi connectivity index (χ0) is 22.6. The van der Waals surface area contributed by atoms with Crippen molar-refractivity contribution in [3.63, 3.8) is 0 Å². The Morgan fingerprint density at radius 2 is 1.67 bits per heavy atom. The van der Waals surface area contributed by atoms with Crippen LogP contribution in [0.5, 0.6) is 5.75 Å². The normalized spacial score (nSPS) is 10.7. The third kappa shape index (κ3) is 4.33. The molecule has 0 atom stereocenters. The summed E-state index contributed by atoms with van der Waals surface area (Å²) in [5.74, 6) is 1.22. The Kier molecular flexibility index (Phi) is 5.34. The lowest BCUT2D eigenvalue weighted by molar-refractivity contribution is 0.262. The molecule has 0 saturated heterocycles. The summed E-state index contributed by atoms with van der Waals surface area (Å²) >= 11 is 0. The average molecular weight is 437 g/mol. The lowest BCUT2D eigenvalue weighted by Crippen LogP contribution is -2.19. The first kappa shape index (κ1) is 20.1. The minimum Gasteiger partial charge on any atom is -0.497 e. The quantitative estimate of drug-likeness (QED) is 0.419. The van der Waals surface area contributed by atoms with Gasteiger partial charge in [-0.2, -0.15) is 9.61 Å². The van der Waals surface area contributed by atoms with Crippen LogP contribution in [-0.2, 0) is 0 Å². The maximum absolute atomic E-state index is 12.5. The highest BCUT2D eigenvalue weighted by molar-refractivity contribution is 6.00. The number of fused-ring (bicyclic) bond motifs is 1. The van der Waals surface area contributed by atoms with Gasteiger partial charge in [0.05, 0.1) is 12.8 Å². The molecule has 0 aliphatic carbocycles. The Bertz CT molecular complexity index is 1430. The van der Waals surface area contributed by atoms with Crippen molar-refractivity contribution in [3.8, 4) is 28.5 Å². The number of hydrogen-bond donors (Lipinski definition) is 2. The van der Waals surface area contributed by atoms with Crippen LogP contribution in [0.25, 0.3) is 28.4 Å². The first-order valence-electron chi connectivity index (χ1n) is 10.2. The molecule has 162 valence electrons. The first-order chi connectivity index (χ1) is 16.2. The monoisotopic (exact) mass is 437 g/mol. The van der Waals surface area contributed by atoms with Gasteiger partial charge in [-0.05, 0) is 48.5 Å². The van der Waals surface area contributed by atoms with Gasteiger partial charge in [0.15, 0.2) is 5.65 Å². The number of methoxy groups -OCH3 is 1. The maximum Gasteiger partial charge on any atom is 0.323 e. The average Bonchev–Trinajstić information content (AvgIpc) is 3.28. The van der Waals surface area contributed by atoms with Crippen molar-refractivity contribution in [2.75, 3.05) is 17.7 Å². The zero-order valence-electron chi connectivity index (χ0n) is 17.6. The van der Waals surface area contributed by atoms with Crippen LogP contribution >= 0.6 is 0 Å². The molecule has 9 nitrogen and oxygen atoms in total. The van der Waals surface area contributed by atoms with Crippen molar-refractivity contribution in [2.24, 2.45) is 0 Å². The van der Waals surface area contributed by atoms with E-state index >= 15 is 0 Å². The van der Waals surface area contributed by atoms with Crippen LogP contribution in [0.2, 0.25) is 0 Å². The Labute approximate surface area is 189 Å². The summed E-state index contributed by atoms with van der Waals surface area (Å²) in [6.07, 6.45) is 1.70. The summed E-state index contributed by atoms with van der Waals surface area (Å²) in [6, 6.07) is 23.5. The van der Waals surface area contributed by atoms with Gasteiger partial charge in [-0.3, -0.25) is 4.98 Å². The lowest BCUT2D eigenvalue weighted by atomic mass is 10.1. The van der Waals surface area contributed by atoms with Crippen LogP contribution in [0.4, 0.5) is 16.2 Å². The Balaban J connectivity index is 1.39. The summed E-state index contributed by atoms with van der Waals surface area (Å²) in [5.41, 5.74) is 4.09. The topological polar surface area (TPSA) is 106 Å². The third-order valence-electron chi connectivity index (χ3n) is 4.90. The van der Waals surface area contributed by atoms with E-state index in [4.69, 9.17) is 9.84 Å². The highest BCUT2D eigenvalue weighted by Gasteiger charge is 2.12. The van der Waals surface area contributed by atoms with Crippen molar-refractivity contribution in [1.82, 2.24) is 24.8 Å². The van der Waals surface area contributed by atoms with Crippen molar-refractivity contribution >= 4 is 23.1 Å². The number of rotatable bonds is 5. The van der Waals surface area contributed by atoms with Crippen molar-refractivity contribution in [3.05, 3.63) is 85.1 Å². The van der Waals surface area contributed by atoms with Crippen LogP contribution in [0.3, 0.4) is 0 Å². The molecule has 9 heteroatoms. The third-order valence-corrected chi connectivity index (χ3v) is 4.90. The fourth-order valence-electron chi connectivity index (χ4n) is 3.35. The molecule has 3 aromatic heterocycles. The van der Waals surface area contributed by atoms with Crippen LogP contribution in [0.15, 0.2) is 85.1 Å². The number of carbonyl (C=O) groups excluding carboxylic acids is 1. The van der Waals surface area contributed by atoms with Gasteiger partial charge in [0.1, 0.15) is 11.4 Å². The SMILES string of the molecule is COc1cccc(NC(=O)Nc2cccc(-c3ccc4nnc(-c5ccccn5)n4n3)c2)c1. The zero-order valence-corrected chi connectivity index (χ0v) is 17.6. The Morgan fingerprint density at radius 1 is 0.848 bits per heavy atom. The molecule has 0 spiro atoms. The molecule has 0 aliphatic heterocycles. The summed E-state index contributed by atoms with van der Waals surface area (Å²) in [5, 5.41) is 18.7. The van der Waals surface area contributed by atoms with Gasteiger partial charge < -0.3 is 15.4 Å². The predicted octanol–water partition coefficient (Wildman–Crippen LogP) is 4.51. The van der Waals surface area contributed by atoms with Crippen LogP contribution < -0.4 is 15.4 Å². The number of nitrogens with zero attached hydrogens (tertiary/aromatic N) is 5. The molecule has 0 bridgehead atoms. The number of hydrogen-bond acceptors (Lipinski definition) is 6. The van der Waals surface area contributed by atoms with E-state index in [1.807, 2.05) is 60.7 Å². The molecular weight excluding hydrogens is 418 g/mol. The van der Waals surface area contributed by atoms with Gasteiger partial charge in [-0.25, -0.2) is 4.79 Å². The maximum atomic E-state index is 12.5. The summed E-state index contributed by atoms with van der Waals surface area (Å²) in [7, 11) is 1.58. The molecule has 0 saturated carbocycles. The molecule has 5 rings (SSSR count). The number of anilines is 2. The van der Waals surface area contributed by atoms with Crippen LogP contribution in [-0.4, -0.2) is 37.9 Å². The fourth-order valence-corrected chi connectivity index (χ4v) is 3.35. The number of urea groups is 1. The fraction of sp³-hybridized carbons (Fsp3) is 0.0417. The van der Waals surface area contributed by atoms with Crippen LogP contribution in [0, 0.1) is 0 Å². The second-order valence-corrected chi connectivity index (χ2v) is 7.12. The van der Waals surface area contributed by atoms with Crippen molar-refractivity contribution < 1.29 is 9.53 Å². The smallest absolute Gasteiger partial charge is 0.323 e. The first-order valence-corrected chi connectivity index (χ1v) is 10.2. The standard InChI is InChI=1S/C24H19N7O2/c1-33-19-9-5-8-18(15-19)27-24(32)26-17-7-4-6-16(14-17)20-11-12-22-28-29-23(31(22)30-20)21-10-2-3-13-25-21/h2-15H,1H3,(H2,26,27,32). The van der Waals surface area contributed by atoms with Crippen molar-refractivity contribution in [1.29, 1.82) is 0 Å². The molecular formula is C24H19N7O2. The molecule has 33 heavy (non-hydrogen) atoms. The van der Waals surface area contributed by atoms with Gasteiger partial charge in [-0.1, -0.05) is 24.3 Å². The van der Waals surface area contributed by atoms with Crippen LogP contribution in [0.1, 0.15) is 0 Å².